The van der Waals surface area contributed by atoms with Gasteiger partial charge >= 0.3 is 0 Å². The number of hydrogen-bond donors (Lipinski definition) is 1. The van der Waals surface area contributed by atoms with E-state index in [2.05, 4.69) is 5.32 Å². The van der Waals surface area contributed by atoms with Gasteiger partial charge in [0.15, 0.2) is 0 Å². The monoisotopic (exact) mass is 390 g/mol. The van der Waals surface area contributed by atoms with Crippen molar-refractivity contribution >= 4 is 21.6 Å². The molecule has 0 aliphatic heterocycles. The van der Waals surface area contributed by atoms with Gasteiger partial charge in [-0.25, -0.2) is 8.42 Å². The third-order valence-electron chi connectivity index (χ3n) is 4.10. The molecular weight excluding hydrogens is 364 g/mol. The van der Waals surface area contributed by atoms with Crippen molar-refractivity contribution in [2.45, 2.75) is 19.8 Å². The Morgan fingerprint density at radius 3 is 2.30 bits per heavy atom. The molecule has 7 heteroatoms. The number of hydrogen-bond acceptors (Lipinski definition) is 4. The average Bonchev–Trinajstić information content (AvgIpc) is 2.65. The van der Waals surface area contributed by atoms with Gasteiger partial charge in [-0.05, 0) is 42.7 Å². The van der Waals surface area contributed by atoms with Crippen LogP contribution in [0.25, 0.3) is 0 Å². The van der Waals surface area contributed by atoms with Gasteiger partial charge < -0.3 is 10.1 Å². The van der Waals surface area contributed by atoms with E-state index in [1.165, 1.54) is 0 Å². The molecule has 1 atom stereocenters. The maximum Gasteiger partial charge on any atom is 0.240 e. The van der Waals surface area contributed by atoms with E-state index < -0.39 is 10.0 Å². The number of carbonyl (C=O) groups is 1. The SMILES string of the molecule is CCOc1ccc(N(CC(=O)NC[C@@H](C)c2ccccc2)S(C)(=O)=O)cc1. The van der Waals surface area contributed by atoms with Gasteiger partial charge in [0.1, 0.15) is 12.3 Å². The number of amides is 1. The molecule has 27 heavy (non-hydrogen) atoms. The summed E-state index contributed by atoms with van der Waals surface area (Å²) >= 11 is 0. The second-order valence-corrected chi connectivity index (χ2v) is 8.22. The second kappa shape index (κ2) is 9.41. The molecule has 0 heterocycles. The number of anilines is 1. The van der Waals surface area contributed by atoms with Gasteiger partial charge in [0.2, 0.25) is 15.9 Å². The van der Waals surface area contributed by atoms with Crippen molar-refractivity contribution in [2.24, 2.45) is 0 Å². The first-order valence-electron chi connectivity index (χ1n) is 8.83. The summed E-state index contributed by atoms with van der Waals surface area (Å²) in [7, 11) is -3.60. The maximum absolute atomic E-state index is 12.3. The van der Waals surface area contributed by atoms with Crippen molar-refractivity contribution in [2.75, 3.05) is 30.3 Å². The fourth-order valence-corrected chi connectivity index (χ4v) is 3.48. The highest BCUT2D eigenvalue weighted by Crippen LogP contribution is 2.21. The van der Waals surface area contributed by atoms with E-state index in [1.807, 2.05) is 44.2 Å². The van der Waals surface area contributed by atoms with E-state index in [9.17, 15) is 13.2 Å². The molecular formula is C20H26N2O4S. The molecule has 0 aliphatic rings. The zero-order valence-corrected chi connectivity index (χ0v) is 16.7. The Kier molecular flexibility index (Phi) is 7.24. The number of benzene rings is 2. The van der Waals surface area contributed by atoms with E-state index >= 15 is 0 Å². The molecule has 0 spiro atoms. The summed E-state index contributed by atoms with van der Waals surface area (Å²) in [6, 6.07) is 16.5. The van der Waals surface area contributed by atoms with E-state index in [1.54, 1.807) is 24.3 Å². The third kappa shape index (κ3) is 6.29. The van der Waals surface area contributed by atoms with E-state index in [0.717, 1.165) is 16.1 Å². The topological polar surface area (TPSA) is 75.7 Å². The molecule has 0 bridgehead atoms. The summed E-state index contributed by atoms with van der Waals surface area (Å²) in [4.78, 5) is 12.3. The summed E-state index contributed by atoms with van der Waals surface area (Å²) in [6.07, 6.45) is 1.09. The van der Waals surface area contributed by atoms with Gasteiger partial charge in [0, 0.05) is 6.54 Å². The van der Waals surface area contributed by atoms with Gasteiger partial charge in [-0.3, -0.25) is 9.10 Å². The zero-order valence-electron chi connectivity index (χ0n) is 15.9. The zero-order chi connectivity index (χ0) is 19.9. The van der Waals surface area contributed by atoms with Crippen molar-refractivity contribution in [3.05, 3.63) is 60.2 Å². The fourth-order valence-electron chi connectivity index (χ4n) is 2.63. The van der Waals surface area contributed by atoms with Crippen LogP contribution in [0.4, 0.5) is 5.69 Å². The number of ether oxygens (including phenoxy) is 1. The summed E-state index contributed by atoms with van der Waals surface area (Å²) in [5.74, 6) is 0.431. The van der Waals surface area contributed by atoms with Gasteiger partial charge in [-0.15, -0.1) is 0 Å². The molecule has 0 saturated heterocycles. The lowest BCUT2D eigenvalue weighted by atomic mass is 10.0. The van der Waals surface area contributed by atoms with Crippen LogP contribution in [-0.4, -0.2) is 40.3 Å². The second-order valence-electron chi connectivity index (χ2n) is 6.31. The lowest BCUT2D eigenvalue weighted by molar-refractivity contribution is -0.119. The Morgan fingerprint density at radius 1 is 1.11 bits per heavy atom. The third-order valence-corrected chi connectivity index (χ3v) is 5.24. The lowest BCUT2D eigenvalue weighted by Crippen LogP contribution is -2.41. The van der Waals surface area contributed by atoms with Gasteiger partial charge in [-0.1, -0.05) is 37.3 Å². The van der Waals surface area contributed by atoms with Crippen LogP contribution < -0.4 is 14.4 Å². The van der Waals surface area contributed by atoms with Crippen molar-refractivity contribution in [1.82, 2.24) is 5.32 Å². The number of nitrogens with one attached hydrogen (secondary N) is 1. The molecule has 2 aromatic carbocycles. The maximum atomic E-state index is 12.3. The minimum absolute atomic E-state index is 0.132. The fraction of sp³-hybridized carbons (Fsp3) is 0.350. The molecule has 0 aliphatic carbocycles. The Bertz CT molecular complexity index is 836. The van der Waals surface area contributed by atoms with Crippen LogP contribution >= 0.6 is 0 Å². The van der Waals surface area contributed by atoms with Gasteiger partial charge in [0.05, 0.1) is 18.6 Å². The molecule has 0 unspecified atom stereocenters. The van der Waals surface area contributed by atoms with Gasteiger partial charge in [-0.2, -0.15) is 0 Å². The number of sulfonamides is 1. The predicted molar refractivity (Wildman–Crippen MR) is 108 cm³/mol. The Balaban J connectivity index is 2.02. The number of nitrogens with zero attached hydrogens (tertiary/aromatic N) is 1. The summed E-state index contributed by atoms with van der Waals surface area (Å²) < 4.78 is 30.8. The lowest BCUT2D eigenvalue weighted by Gasteiger charge is -2.22. The minimum atomic E-state index is -3.60. The normalized spacial score (nSPS) is 12.3. The van der Waals surface area contributed by atoms with E-state index in [4.69, 9.17) is 4.74 Å². The van der Waals surface area contributed by atoms with E-state index in [-0.39, 0.29) is 18.4 Å². The molecule has 0 aromatic heterocycles. The molecule has 1 N–H and O–H groups in total. The Hall–Kier alpha value is -2.54. The van der Waals surface area contributed by atoms with Crippen LogP contribution in [0.1, 0.15) is 25.3 Å². The summed E-state index contributed by atoms with van der Waals surface area (Å²) in [5, 5.41) is 2.82. The highest BCUT2D eigenvalue weighted by Gasteiger charge is 2.21. The quantitative estimate of drug-likeness (QED) is 0.714. The van der Waals surface area contributed by atoms with Crippen LogP contribution in [-0.2, 0) is 14.8 Å². The molecule has 146 valence electrons. The molecule has 0 fully saturated rings. The molecule has 0 radical (unpaired) electrons. The molecule has 2 aromatic rings. The molecule has 6 nitrogen and oxygen atoms in total. The predicted octanol–water partition coefficient (Wildman–Crippen LogP) is 2.77. The van der Waals surface area contributed by atoms with Crippen LogP contribution in [0.15, 0.2) is 54.6 Å². The summed E-state index contributed by atoms with van der Waals surface area (Å²) in [5.41, 5.74) is 1.54. The van der Waals surface area contributed by atoms with Gasteiger partial charge in [0.25, 0.3) is 0 Å². The first-order valence-corrected chi connectivity index (χ1v) is 10.7. The Morgan fingerprint density at radius 2 is 1.74 bits per heavy atom. The number of carbonyl (C=O) groups excluding carboxylic acids is 1. The first-order chi connectivity index (χ1) is 12.8. The molecule has 0 saturated carbocycles. The largest absolute Gasteiger partial charge is 0.494 e. The van der Waals surface area contributed by atoms with Crippen LogP contribution in [0.2, 0.25) is 0 Å². The van der Waals surface area contributed by atoms with E-state index in [0.29, 0.717) is 24.6 Å². The van der Waals surface area contributed by atoms with Crippen LogP contribution in [0, 0.1) is 0 Å². The average molecular weight is 391 g/mol. The smallest absolute Gasteiger partial charge is 0.240 e. The van der Waals surface area contributed by atoms with Crippen LogP contribution in [0.5, 0.6) is 5.75 Å². The molecule has 1 amide bonds. The summed E-state index contributed by atoms with van der Waals surface area (Å²) in [6.45, 7) is 4.57. The molecule has 2 rings (SSSR count). The van der Waals surface area contributed by atoms with Crippen molar-refractivity contribution in [1.29, 1.82) is 0 Å². The first kappa shape index (κ1) is 20.8. The van der Waals surface area contributed by atoms with Crippen molar-refractivity contribution < 1.29 is 17.9 Å². The van der Waals surface area contributed by atoms with Crippen molar-refractivity contribution in [3.63, 3.8) is 0 Å². The van der Waals surface area contributed by atoms with Crippen molar-refractivity contribution in [3.8, 4) is 5.75 Å². The standard InChI is InChI=1S/C20H26N2O4S/c1-4-26-19-12-10-18(11-13-19)22(27(3,24)25)15-20(23)21-14-16(2)17-8-6-5-7-9-17/h5-13,16H,4,14-15H2,1-3H3,(H,21,23)/t16-/m1/s1. The number of rotatable bonds is 9. The highest BCUT2D eigenvalue weighted by atomic mass is 32.2. The Labute approximate surface area is 161 Å². The highest BCUT2D eigenvalue weighted by molar-refractivity contribution is 7.92. The minimum Gasteiger partial charge on any atom is -0.494 e. The van der Waals surface area contributed by atoms with Crippen LogP contribution in [0.3, 0.4) is 0 Å².